The van der Waals surface area contributed by atoms with Gasteiger partial charge in [0.2, 0.25) is 0 Å². The van der Waals surface area contributed by atoms with Crippen LogP contribution >= 0.6 is 15.9 Å². The number of hydrogen-bond acceptors (Lipinski definition) is 2. The van der Waals surface area contributed by atoms with Crippen molar-refractivity contribution in [2.75, 3.05) is 11.9 Å². The molecule has 0 saturated heterocycles. The maximum Gasteiger partial charge on any atom is 0.101 e. The first-order valence-corrected chi connectivity index (χ1v) is 7.86. The lowest BCUT2D eigenvalue weighted by Gasteiger charge is -2.09. The van der Waals surface area contributed by atoms with E-state index in [1.54, 1.807) is 0 Å². The van der Waals surface area contributed by atoms with Crippen LogP contribution in [0.4, 0.5) is 5.69 Å². The number of benzene rings is 1. The van der Waals surface area contributed by atoms with E-state index in [-0.39, 0.29) is 0 Å². The summed E-state index contributed by atoms with van der Waals surface area (Å²) in [5, 5.41) is 12.4. The molecule has 1 aromatic rings. The number of halogens is 1. The van der Waals surface area contributed by atoms with Gasteiger partial charge in [-0.05, 0) is 30.5 Å². The van der Waals surface area contributed by atoms with E-state index >= 15 is 0 Å². The second-order valence-electron chi connectivity index (χ2n) is 5.33. The Kier molecular flexibility index (Phi) is 7.59. The molecule has 1 rings (SSSR count). The summed E-state index contributed by atoms with van der Waals surface area (Å²) in [4.78, 5) is 0. The van der Waals surface area contributed by atoms with Gasteiger partial charge in [-0.15, -0.1) is 0 Å². The normalized spacial score (nSPS) is 10.5. The maximum atomic E-state index is 9.06. The summed E-state index contributed by atoms with van der Waals surface area (Å²) < 4.78 is 0.947. The minimum absolute atomic E-state index is 0.703. The third kappa shape index (κ3) is 6.63. The van der Waals surface area contributed by atoms with Crippen LogP contribution in [0.2, 0.25) is 0 Å². The van der Waals surface area contributed by atoms with Crippen LogP contribution in [0.3, 0.4) is 0 Å². The number of anilines is 1. The van der Waals surface area contributed by atoms with Crippen molar-refractivity contribution in [2.24, 2.45) is 5.92 Å². The van der Waals surface area contributed by atoms with E-state index in [2.05, 4.69) is 41.2 Å². The van der Waals surface area contributed by atoms with E-state index in [1.807, 2.05) is 18.2 Å². The Morgan fingerprint density at radius 1 is 1.21 bits per heavy atom. The smallest absolute Gasteiger partial charge is 0.101 e. The summed E-state index contributed by atoms with van der Waals surface area (Å²) in [5.41, 5.74) is 1.64. The minimum Gasteiger partial charge on any atom is -0.384 e. The molecule has 104 valence electrons. The zero-order valence-corrected chi connectivity index (χ0v) is 13.5. The zero-order chi connectivity index (χ0) is 14.1. The molecule has 19 heavy (non-hydrogen) atoms. The van der Waals surface area contributed by atoms with Gasteiger partial charge in [0.05, 0.1) is 11.3 Å². The van der Waals surface area contributed by atoms with Crippen molar-refractivity contribution < 1.29 is 0 Å². The van der Waals surface area contributed by atoms with Gasteiger partial charge in [0, 0.05) is 11.0 Å². The Hall–Kier alpha value is -1.01. The maximum absolute atomic E-state index is 9.06. The molecule has 0 amide bonds. The lowest BCUT2D eigenvalue weighted by Crippen LogP contribution is -2.03. The van der Waals surface area contributed by atoms with Crippen molar-refractivity contribution in [3.63, 3.8) is 0 Å². The first kappa shape index (κ1) is 16.0. The molecule has 0 atom stereocenters. The molecular weight excluding hydrogens is 300 g/mol. The lowest BCUT2D eigenvalue weighted by atomic mass is 10.0. The Bertz CT molecular complexity index is 421. The molecule has 0 unspecified atom stereocenters. The molecule has 3 heteroatoms. The predicted molar refractivity (Wildman–Crippen MR) is 85.3 cm³/mol. The van der Waals surface area contributed by atoms with Crippen LogP contribution in [0.15, 0.2) is 22.7 Å². The van der Waals surface area contributed by atoms with Gasteiger partial charge >= 0.3 is 0 Å². The average Bonchev–Trinajstić information content (AvgIpc) is 2.38. The molecule has 1 N–H and O–H groups in total. The number of nitriles is 1. The van der Waals surface area contributed by atoms with Crippen molar-refractivity contribution in [2.45, 2.75) is 46.0 Å². The number of rotatable bonds is 8. The van der Waals surface area contributed by atoms with E-state index in [9.17, 15) is 0 Å². The van der Waals surface area contributed by atoms with Crippen molar-refractivity contribution in [3.8, 4) is 6.07 Å². The standard InChI is InChI=1S/C16H23BrN2/c1-13(2)7-5-3-4-6-10-19-16-9-8-15(17)11-14(16)12-18/h8-9,11,13,19H,3-7,10H2,1-2H3. The van der Waals surface area contributed by atoms with Gasteiger partial charge in [0.25, 0.3) is 0 Å². The molecule has 0 bridgehead atoms. The van der Waals surface area contributed by atoms with Gasteiger partial charge in [-0.3, -0.25) is 0 Å². The van der Waals surface area contributed by atoms with E-state index in [1.165, 1.54) is 32.1 Å². The van der Waals surface area contributed by atoms with Crippen molar-refractivity contribution in [1.82, 2.24) is 0 Å². The molecule has 1 aromatic carbocycles. The fourth-order valence-electron chi connectivity index (χ4n) is 2.02. The number of nitrogens with zero attached hydrogens (tertiary/aromatic N) is 1. The second kappa shape index (κ2) is 8.98. The molecule has 2 nitrogen and oxygen atoms in total. The lowest BCUT2D eigenvalue weighted by molar-refractivity contribution is 0.523. The zero-order valence-electron chi connectivity index (χ0n) is 11.9. The molecule has 0 aliphatic rings. The highest BCUT2D eigenvalue weighted by Crippen LogP contribution is 2.20. The van der Waals surface area contributed by atoms with Crippen LogP contribution in [-0.4, -0.2) is 6.54 Å². The molecule has 0 aliphatic carbocycles. The molecule has 0 aromatic heterocycles. The molecule has 0 spiro atoms. The van der Waals surface area contributed by atoms with Crippen LogP contribution in [0.5, 0.6) is 0 Å². The Morgan fingerprint density at radius 3 is 2.63 bits per heavy atom. The van der Waals surface area contributed by atoms with Crippen LogP contribution in [0.1, 0.15) is 51.5 Å². The largest absolute Gasteiger partial charge is 0.384 e. The predicted octanol–water partition coefficient (Wildman–Crippen LogP) is 5.34. The van der Waals surface area contributed by atoms with Gasteiger partial charge in [-0.2, -0.15) is 5.26 Å². The molecule has 0 heterocycles. The van der Waals surface area contributed by atoms with Gasteiger partial charge in [-0.1, -0.05) is 55.5 Å². The number of hydrogen-bond donors (Lipinski definition) is 1. The van der Waals surface area contributed by atoms with Crippen molar-refractivity contribution in [3.05, 3.63) is 28.2 Å². The summed E-state index contributed by atoms with van der Waals surface area (Å²) in [5.74, 6) is 0.819. The summed E-state index contributed by atoms with van der Waals surface area (Å²) >= 11 is 3.38. The van der Waals surface area contributed by atoms with Crippen molar-refractivity contribution >= 4 is 21.6 Å². The fourth-order valence-corrected chi connectivity index (χ4v) is 2.38. The fraction of sp³-hybridized carbons (Fsp3) is 0.562. The highest BCUT2D eigenvalue weighted by Gasteiger charge is 2.01. The van der Waals surface area contributed by atoms with E-state index in [0.29, 0.717) is 5.56 Å². The first-order valence-electron chi connectivity index (χ1n) is 7.07. The third-order valence-electron chi connectivity index (χ3n) is 3.13. The van der Waals surface area contributed by atoms with E-state index < -0.39 is 0 Å². The third-order valence-corrected chi connectivity index (χ3v) is 3.62. The van der Waals surface area contributed by atoms with E-state index in [4.69, 9.17) is 5.26 Å². The van der Waals surface area contributed by atoms with Crippen molar-refractivity contribution in [1.29, 1.82) is 5.26 Å². The van der Waals surface area contributed by atoms with Gasteiger partial charge in [0.1, 0.15) is 6.07 Å². The Morgan fingerprint density at radius 2 is 1.95 bits per heavy atom. The Balaban J connectivity index is 2.21. The van der Waals surface area contributed by atoms with Gasteiger partial charge in [-0.25, -0.2) is 0 Å². The highest BCUT2D eigenvalue weighted by atomic mass is 79.9. The van der Waals surface area contributed by atoms with E-state index in [0.717, 1.165) is 22.6 Å². The minimum atomic E-state index is 0.703. The average molecular weight is 323 g/mol. The number of nitrogens with one attached hydrogen (secondary N) is 1. The van der Waals surface area contributed by atoms with Crippen LogP contribution in [-0.2, 0) is 0 Å². The molecular formula is C16H23BrN2. The number of unbranched alkanes of at least 4 members (excludes halogenated alkanes) is 3. The monoisotopic (exact) mass is 322 g/mol. The molecule has 0 aliphatic heterocycles. The first-order chi connectivity index (χ1) is 9.13. The van der Waals surface area contributed by atoms with Crippen LogP contribution in [0, 0.1) is 17.2 Å². The summed E-state index contributed by atoms with van der Waals surface area (Å²) in [7, 11) is 0. The van der Waals surface area contributed by atoms with Gasteiger partial charge < -0.3 is 5.32 Å². The molecule has 0 saturated carbocycles. The topological polar surface area (TPSA) is 35.8 Å². The molecule has 0 fully saturated rings. The second-order valence-corrected chi connectivity index (χ2v) is 6.24. The van der Waals surface area contributed by atoms with Crippen LogP contribution < -0.4 is 5.32 Å². The quantitative estimate of drug-likeness (QED) is 0.656. The summed E-state index contributed by atoms with van der Waals surface area (Å²) in [6.45, 7) is 5.50. The SMILES string of the molecule is CC(C)CCCCCCNc1ccc(Br)cc1C#N. The molecule has 0 radical (unpaired) electrons. The highest BCUT2D eigenvalue weighted by molar-refractivity contribution is 9.10. The van der Waals surface area contributed by atoms with Crippen LogP contribution in [0.25, 0.3) is 0 Å². The summed E-state index contributed by atoms with van der Waals surface area (Å²) in [6.07, 6.45) is 6.40. The Labute approximate surface area is 125 Å². The summed E-state index contributed by atoms with van der Waals surface area (Å²) in [6, 6.07) is 7.99. The van der Waals surface area contributed by atoms with Gasteiger partial charge in [0.15, 0.2) is 0 Å².